The number of aliphatic carboxylic acids is 1. The molecule has 0 spiro atoms. The summed E-state index contributed by atoms with van der Waals surface area (Å²) in [6.07, 6.45) is -0.902. The van der Waals surface area contributed by atoms with E-state index in [1.807, 2.05) is 0 Å². The maximum atomic E-state index is 12.1. The van der Waals surface area contributed by atoms with Gasteiger partial charge in [0.25, 0.3) is 0 Å². The van der Waals surface area contributed by atoms with Crippen molar-refractivity contribution >= 4 is 23.8 Å². The molecule has 0 aliphatic carbocycles. The van der Waals surface area contributed by atoms with Crippen LogP contribution in [-0.4, -0.2) is 47.1 Å². The summed E-state index contributed by atoms with van der Waals surface area (Å²) in [5.74, 6) is -2.72. The first-order valence-corrected chi connectivity index (χ1v) is 7.83. The Morgan fingerprint density at radius 1 is 1.12 bits per heavy atom. The lowest BCUT2D eigenvalue weighted by molar-refractivity contribution is -0.149. The van der Waals surface area contributed by atoms with Gasteiger partial charge in [0.15, 0.2) is 0 Å². The largest absolute Gasteiger partial charge is 0.480 e. The molecule has 26 heavy (non-hydrogen) atoms. The predicted octanol–water partition coefficient (Wildman–Crippen LogP) is 0.00270. The molecule has 1 aromatic rings. The van der Waals surface area contributed by atoms with Gasteiger partial charge in [-0.3, -0.25) is 14.4 Å². The van der Waals surface area contributed by atoms with Crippen molar-refractivity contribution in [1.29, 1.82) is 0 Å². The quantitative estimate of drug-likeness (QED) is 0.431. The molecule has 3 atom stereocenters. The highest BCUT2D eigenvalue weighted by atomic mass is 16.5. The van der Waals surface area contributed by atoms with E-state index >= 15 is 0 Å². The fourth-order valence-electron chi connectivity index (χ4n) is 2.11. The Bertz CT molecular complexity index is 672. The van der Waals surface area contributed by atoms with Crippen LogP contribution in [0.4, 0.5) is 0 Å². The van der Waals surface area contributed by atoms with E-state index < -0.39 is 42.0 Å². The van der Waals surface area contributed by atoms with Crippen LogP contribution in [0.2, 0.25) is 0 Å². The Morgan fingerprint density at radius 3 is 2.15 bits per heavy atom. The second-order valence-electron chi connectivity index (χ2n) is 5.68. The second-order valence-corrected chi connectivity index (χ2v) is 5.68. The summed E-state index contributed by atoms with van der Waals surface area (Å²) in [6, 6.07) is 3.78. The van der Waals surface area contributed by atoms with Crippen molar-refractivity contribution in [2.75, 3.05) is 0 Å². The van der Waals surface area contributed by atoms with Gasteiger partial charge in [-0.05, 0) is 24.6 Å². The van der Waals surface area contributed by atoms with Gasteiger partial charge in [0.1, 0.15) is 23.9 Å². The number of amides is 1. The van der Waals surface area contributed by atoms with Crippen molar-refractivity contribution in [3.63, 3.8) is 0 Å². The number of carbonyl (C=O) groups excluding carboxylic acids is 3. The van der Waals surface area contributed by atoms with Gasteiger partial charge in [0.05, 0.1) is 0 Å². The third kappa shape index (κ3) is 6.89. The first-order valence-electron chi connectivity index (χ1n) is 7.83. The molecule has 142 valence electrons. The number of ether oxygens (including phenoxy) is 2. The summed E-state index contributed by atoms with van der Waals surface area (Å²) in [7, 11) is 0. The number of carboxylic acids is 1. The average molecular weight is 366 g/mol. The average Bonchev–Trinajstić information content (AvgIpc) is 2.53. The van der Waals surface area contributed by atoms with Crippen molar-refractivity contribution in [3.05, 3.63) is 29.8 Å². The van der Waals surface area contributed by atoms with Crippen LogP contribution < -0.4 is 15.8 Å². The number of hydrogen-bond donors (Lipinski definition) is 3. The molecular weight excluding hydrogens is 344 g/mol. The minimum absolute atomic E-state index is 0.00388. The van der Waals surface area contributed by atoms with Gasteiger partial charge < -0.3 is 25.6 Å². The van der Waals surface area contributed by atoms with E-state index in [1.54, 1.807) is 12.1 Å². The Labute approximate surface area is 150 Å². The van der Waals surface area contributed by atoms with Crippen LogP contribution in [0.3, 0.4) is 0 Å². The summed E-state index contributed by atoms with van der Waals surface area (Å²) in [5, 5.41) is 11.6. The summed E-state index contributed by atoms with van der Waals surface area (Å²) in [4.78, 5) is 45.3. The molecule has 4 N–H and O–H groups in total. The molecule has 3 unspecified atom stereocenters. The van der Waals surface area contributed by atoms with Gasteiger partial charge in [-0.25, -0.2) is 4.79 Å². The SMILES string of the molecule is CC(=O)Oc1ccc(CC(NC(=O)C(N)C(C)OC(C)=O)C(=O)O)cc1. The third-order valence-corrected chi connectivity index (χ3v) is 3.40. The lowest BCUT2D eigenvalue weighted by Gasteiger charge is -2.22. The molecule has 9 heteroatoms. The van der Waals surface area contributed by atoms with E-state index in [-0.39, 0.29) is 6.42 Å². The van der Waals surface area contributed by atoms with Crippen molar-refractivity contribution in [2.24, 2.45) is 5.73 Å². The van der Waals surface area contributed by atoms with Crippen LogP contribution >= 0.6 is 0 Å². The number of rotatable bonds is 8. The zero-order chi connectivity index (χ0) is 19.9. The molecule has 0 fully saturated rings. The van der Waals surface area contributed by atoms with Crippen LogP contribution in [0.1, 0.15) is 26.3 Å². The molecule has 1 rings (SSSR count). The smallest absolute Gasteiger partial charge is 0.326 e. The number of hydrogen-bond acceptors (Lipinski definition) is 7. The number of carboxylic acid groups (broad SMARTS) is 1. The maximum Gasteiger partial charge on any atom is 0.326 e. The lowest BCUT2D eigenvalue weighted by atomic mass is 10.0. The molecule has 0 saturated heterocycles. The Balaban J connectivity index is 2.74. The highest BCUT2D eigenvalue weighted by molar-refractivity contribution is 5.87. The lowest BCUT2D eigenvalue weighted by Crippen LogP contribution is -2.53. The molecule has 0 aromatic heterocycles. The Morgan fingerprint density at radius 2 is 1.69 bits per heavy atom. The van der Waals surface area contributed by atoms with E-state index in [1.165, 1.54) is 32.9 Å². The summed E-state index contributed by atoms with van der Waals surface area (Å²) >= 11 is 0. The van der Waals surface area contributed by atoms with E-state index in [2.05, 4.69) is 5.32 Å². The summed E-state index contributed by atoms with van der Waals surface area (Å²) in [5.41, 5.74) is 6.29. The minimum atomic E-state index is -1.24. The first-order chi connectivity index (χ1) is 12.1. The molecule has 0 bridgehead atoms. The van der Waals surface area contributed by atoms with Crippen molar-refractivity contribution in [1.82, 2.24) is 5.32 Å². The van der Waals surface area contributed by atoms with Crippen molar-refractivity contribution < 1.29 is 33.8 Å². The molecule has 0 aliphatic rings. The first kappa shape index (κ1) is 21.1. The van der Waals surface area contributed by atoms with Gasteiger partial charge in [-0.15, -0.1) is 0 Å². The molecule has 1 amide bonds. The highest BCUT2D eigenvalue weighted by Crippen LogP contribution is 2.14. The van der Waals surface area contributed by atoms with Gasteiger partial charge in [-0.2, -0.15) is 0 Å². The van der Waals surface area contributed by atoms with Gasteiger partial charge in [0, 0.05) is 20.3 Å². The number of nitrogens with two attached hydrogens (primary N) is 1. The number of benzene rings is 1. The monoisotopic (exact) mass is 366 g/mol. The zero-order valence-electron chi connectivity index (χ0n) is 14.7. The maximum absolute atomic E-state index is 12.1. The third-order valence-electron chi connectivity index (χ3n) is 3.40. The molecule has 0 saturated carbocycles. The topological polar surface area (TPSA) is 145 Å². The predicted molar refractivity (Wildman–Crippen MR) is 90.2 cm³/mol. The molecule has 0 heterocycles. The van der Waals surface area contributed by atoms with Gasteiger partial charge >= 0.3 is 17.9 Å². The second kappa shape index (κ2) is 9.52. The number of carbonyl (C=O) groups is 4. The van der Waals surface area contributed by atoms with Crippen molar-refractivity contribution in [2.45, 2.75) is 45.4 Å². The van der Waals surface area contributed by atoms with E-state index in [9.17, 15) is 24.3 Å². The standard InChI is InChI=1S/C17H22N2O7/c1-9(25-10(2)20)15(18)16(22)19-14(17(23)24)8-12-4-6-13(7-5-12)26-11(3)21/h4-7,9,14-15H,8,18H2,1-3H3,(H,19,22)(H,23,24). The normalized spacial score (nSPS) is 13.8. The molecule has 0 aliphatic heterocycles. The van der Waals surface area contributed by atoms with Crippen LogP contribution in [0, 0.1) is 0 Å². The molecular formula is C17H22N2O7. The molecule has 0 radical (unpaired) electrons. The summed E-state index contributed by atoms with van der Waals surface area (Å²) < 4.78 is 9.72. The Hall–Kier alpha value is -2.94. The zero-order valence-corrected chi connectivity index (χ0v) is 14.7. The van der Waals surface area contributed by atoms with Gasteiger partial charge in [-0.1, -0.05) is 12.1 Å². The van der Waals surface area contributed by atoms with E-state index in [0.717, 1.165) is 0 Å². The number of esters is 2. The fourth-order valence-corrected chi connectivity index (χ4v) is 2.11. The van der Waals surface area contributed by atoms with E-state index in [0.29, 0.717) is 11.3 Å². The highest BCUT2D eigenvalue weighted by Gasteiger charge is 2.28. The summed E-state index contributed by atoms with van der Waals surface area (Å²) in [6.45, 7) is 3.89. The van der Waals surface area contributed by atoms with Crippen LogP contribution in [0.15, 0.2) is 24.3 Å². The molecule has 9 nitrogen and oxygen atoms in total. The van der Waals surface area contributed by atoms with Crippen LogP contribution in [0.25, 0.3) is 0 Å². The minimum Gasteiger partial charge on any atom is -0.480 e. The Kier molecular flexibility index (Phi) is 7.73. The van der Waals surface area contributed by atoms with Gasteiger partial charge in [0.2, 0.25) is 5.91 Å². The number of nitrogens with one attached hydrogen (secondary N) is 1. The van der Waals surface area contributed by atoms with Crippen molar-refractivity contribution in [3.8, 4) is 5.75 Å². The van der Waals surface area contributed by atoms with E-state index in [4.69, 9.17) is 15.2 Å². The van der Waals surface area contributed by atoms with Crippen LogP contribution in [0.5, 0.6) is 5.75 Å². The fraction of sp³-hybridized carbons (Fsp3) is 0.412. The van der Waals surface area contributed by atoms with Crippen LogP contribution in [-0.2, 0) is 30.3 Å². The molecule has 1 aromatic carbocycles.